The van der Waals surface area contributed by atoms with Gasteiger partial charge < -0.3 is 10.2 Å². The summed E-state index contributed by atoms with van der Waals surface area (Å²) in [5.74, 6) is 4.91. The van der Waals surface area contributed by atoms with Crippen molar-refractivity contribution in [2.45, 2.75) is 0 Å². The van der Waals surface area contributed by atoms with Crippen LogP contribution in [0.15, 0.2) is 48.5 Å². The molecular weight excluding hydrogens is 262 g/mol. The highest BCUT2D eigenvalue weighted by atomic mass is 16.6. The van der Waals surface area contributed by atoms with E-state index in [1.807, 2.05) is 0 Å². The van der Waals surface area contributed by atoms with E-state index >= 15 is 0 Å². The fourth-order valence-electron chi connectivity index (χ4n) is 1.58. The van der Waals surface area contributed by atoms with Gasteiger partial charge in [-0.15, -0.1) is 0 Å². The van der Waals surface area contributed by atoms with Gasteiger partial charge in [0.2, 0.25) is 0 Å². The molecule has 0 saturated heterocycles. The number of nitrogens with zero attached hydrogens (tertiary/aromatic N) is 1. The molecule has 0 heterocycles. The number of hydrazine groups is 1. The van der Waals surface area contributed by atoms with Crippen LogP contribution in [-0.2, 0) is 0 Å². The van der Waals surface area contributed by atoms with Crippen LogP contribution in [-0.4, -0.2) is 10.9 Å². The van der Waals surface area contributed by atoms with Crippen LogP contribution >= 0.6 is 0 Å². The van der Waals surface area contributed by atoms with E-state index < -0.39 is 10.9 Å². The van der Waals surface area contributed by atoms with Crippen molar-refractivity contribution in [2.75, 3.05) is 5.43 Å². The number of nitro benzene ring substituents is 1. The van der Waals surface area contributed by atoms with Gasteiger partial charge in [0.15, 0.2) is 0 Å². The number of nitrogens with one attached hydrogen (secondary N) is 1. The van der Waals surface area contributed by atoms with E-state index in [4.69, 9.17) is 10.6 Å². The predicted octanol–water partition coefficient (Wildman–Crippen LogP) is 2.10. The van der Waals surface area contributed by atoms with Gasteiger partial charge >= 0.3 is 5.97 Å². The van der Waals surface area contributed by atoms with Gasteiger partial charge in [0, 0.05) is 12.1 Å². The van der Waals surface area contributed by atoms with Crippen LogP contribution in [0, 0.1) is 10.1 Å². The molecule has 0 atom stereocenters. The second-order valence-electron chi connectivity index (χ2n) is 3.83. The maximum Gasteiger partial charge on any atom is 0.345 e. The summed E-state index contributed by atoms with van der Waals surface area (Å²) in [4.78, 5) is 21.9. The van der Waals surface area contributed by atoms with E-state index in [1.54, 1.807) is 24.3 Å². The summed E-state index contributed by atoms with van der Waals surface area (Å²) in [5.41, 5.74) is 3.02. The number of hydrogen-bond acceptors (Lipinski definition) is 6. The minimum absolute atomic E-state index is 0.0752. The van der Waals surface area contributed by atoms with Gasteiger partial charge in [-0.1, -0.05) is 12.1 Å². The molecule has 0 radical (unpaired) electrons. The molecule has 0 fully saturated rings. The van der Waals surface area contributed by atoms with Gasteiger partial charge in [0.1, 0.15) is 5.75 Å². The van der Waals surface area contributed by atoms with Crippen molar-refractivity contribution in [1.29, 1.82) is 0 Å². The zero-order valence-electron chi connectivity index (χ0n) is 10.3. The van der Waals surface area contributed by atoms with Crippen LogP contribution < -0.4 is 16.0 Å². The maximum absolute atomic E-state index is 12.0. The molecule has 20 heavy (non-hydrogen) atoms. The van der Waals surface area contributed by atoms with Crippen LogP contribution in [0.25, 0.3) is 0 Å². The summed E-state index contributed by atoms with van der Waals surface area (Å²) in [5, 5.41) is 10.5. The first-order chi connectivity index (χ1) is 9.61. The smallest absolute Gasteiger partial charge is 0.345 e. The Hall–Kier alpha value is -2.93. The normalized spacial score (nSPS) is 9.85. The van der Waals surface area contributed by atoms with E-state index in [-0.39, 0.29) is 17.0 Å². The Morgan fingerprint density at radius 3 is 2.40 bits per heavy atom. The molecule has 0 amide bonds. The predicted molar refractivity (Wildman–Crippen MR) is 72.3 cm³/mol. The minimum atomic E-state index is -0.604. The largest absolute Gasteiger partial charge is 0.423 e. The zero-order valence-corrected chi connectivity index (χ0v) is 10.3. The van der Waals surface area contributed by atoms with Crippen molar-refractivity contribution >= 4 is 17.3 Å². The third-order valence-corrected chi connectivity index (χ3v) is 2.56. The Labute approximate surface area is 114 Å². The summed E-state index contributed by atoms with van der Waals surface area (Å²) in [6, 6.07) is 11.8. The molecule has 0 aliphatic carbocycles. The first-order valence-electron chi connectivity index (χ1n) is 5.64. The number of esters is 1. The van der Waals surface area contributed by atoms with Crippen molar-refractivity contribution < 1.29 is 14.5 Å². The summed E-state index contributed by atoms with van der Waals surface area (Å²) in [6.07, 6.45) is 0. The Balaban J connectivity index is 2.17. The van der Waals surface area contributed by atoms with Gasteiger partial charge in [-0.05, 0) is 24.3 Å². The molecule has 0 unspecified atom stereocenters. The number of non-ortho nitro benzene ring substituents is 1. The number of carbonyl (C=O) groups is 1. The molecule has 0 saturated carbocycles. The Kier molecular flexibility index (Phi) is 3.92. The summed E-state index contributed by atoms with van der Waals surface area (Å²) < 4.78 is 5.12. The number of benzene rings is 2. The highest BCUT2D eigenvalue weighted by Gasteiger charge is 2.13. The van der Waals surface area contributed by atoms with Gasteiger partial charge in [0.05, 0.1) is 16.2 Å². The van der Waals surface area contributed by atoms with Crippen molar-refractivity contribution in [3.8, 4) is 5.75 Å². The van der Waals surface area contributed by atoms with Crippen LogP contribution in [0.1, 0.15) is 10.4 Å². The minimum Gasteiger partial charge on any atom is -0.423 e. The van der Waals surface area contributed by atoms with Crippen LogP contribution in [0.4, 0.5) is 11.4 Å². The number of rotatable bonds is 4. The van der Waals surface area contributed by atoms with Crippen LogP contribution in [0.2, 0.25) is 0 Å². The molecule has 2 aromatic carbocycles. The number of anilines is 1. The molecule has 3 N–H and O–H groups in total. The van der Waals surface area contributed by atoms with Crippen molar-refractivity contribution in [3.63, 3.8) is 0 Å². The number of hydrogen-bond donors (Lipinski definition) is 2. The average Bonchev–Trinajstić information content (AvgIpc) is 2.47. The molecule has 0 aliphatic heterocycles. The average molecular weight is 273 g/mol. The number of ether oxygens (including phenoxy) is 1. The number of carbonyl (C=O) groups excluding carboxylic acids is 1. The topological polar surface area (TPSA) is 107 Å². The number of nitrogens with two attached hydrogens (primary N) is 1. The first-order valence-corrected chi connectivity index (χ1v) is 5.64. The second kappa shape index (κ2) is 5.81. The van der Waals surface area contributed by atoms with Gasteiger partial charge in [-0.25, -0.2) is 4.79 Å². The van der Waals surface area contributed by atoms with E-state index in [0.29, 0.717) is 5.69 Å². The fourth-order valence-corrected chi connectivity index (χ4v) is 1.58. The number of para-hydroxylation sites is 1. The lowest BCUT2D eigenvalue weighted by molar-refractivity contribution is -0.384. The maximum atomic E-state index is 12.0. The molecule has 7 heteroatoms. The van der Waals surface area contributed by atoms with Crippen molar-refractivity contribution in [3.05, 3.63) is 64.2 Å². The zero-order chi connectivity index (χ0) is 14.5. The number of nitrogen functional groups attached to an aromatic ring is 1. The molecule has 2 rings (SSSR count). The lowest BCUT2D eigenvalue weighted by atomic mass is 10.2. The third-order valence-electron chi connectivity index (χ3n) is 2.56. The molecule has 102 valence electrons. The van der Waals surface area contributed by atoms with Gasteiger partial charge in [-0.2, -0.15) is 0 Å². The lowest BCUT2D eigenvalue weighted by Crippen LogP contribution is -2.15. The van der Waals surface area contributed by atoms with E-state index in [1.165, 1.54) is 24.3 Å². The van der Waals surface area contributed by atoms with Crippen LogP contribution in [0.3, 0.4) is 0 Å². The summed E-state index contributed by atoms with van der Waals surface area (Å²) >= 11 is 0. The van der Waals surface area contributed by atoms with Crippen molar-refractivity contribution in [1.82, 2.24) is 0 Å². The summed E-state index contributed by atoms with van der Waals surface area (Å²) in [7, 11) is 0. The van der Waals surface area contributed by atoms with Gasteiger partial charge in [-0.3, -0.25) is 16.0 Å². The Morgan fingerprint density at radius 1 is 1.15 bits per heavy atom. The van der Waals surface area contributed by atoms with Crippen LogP contribution in [0.5, 0.6) is 5.75 Å². The first kappa shape index (κ1) is 13.5. The Bertz CT molecular complexity index is 640. The quantitative estimate of drug-likeness (QED) is 0.290. The molecular formula is C13H11N3O4. The van der Waals surface area contributed by atoms with E-state index in [0.717, 1.165) is 0 Å². The van der Waals surface area contributed by atoms with Crippen molar-refractivity contribution in [2.24, 2.45) is 5.84 Å². The highest BCUT2D eigenvalue weighted by molar-refractivity contribution is 5.96. The lowest BCUT2D eigenvalue weighted by Gasteiger charge is -2.08. The second-order valence-corrected chi connectivity index (χ2v) is 3.83. The molecule has 0 aromatic heterocycles. The molecule has 0 spiro atoms. The molecule has 2 aromatic rings. The fraction of sp³-hybridized carbons (Fsp3) is 0. The summed E-state index contributed by atoms with van der Waals surface area (Å²) in [6.45, 7) is 0. The Morgan fingerprint density at radius 2 is 1.80 bits per heavy atom. The monoisotopic (exact) mass is 273 g/mol. The number of nitro groups is 1. The standard InChI is InChI=1S/C13H11N3O4/c14-15-12-4-2-1-3-11(12)13(17)20-10-7-5-9(6-8-10)16(18)19/h1-8,15H,14H2. The van der Waals surface area contributed by atoms with E-state index in [2.05, 4.69) is 5.43 Å². The highest BCUT2D eigenvalue weighted by Crippen LogP contribution is 2.20. The van der Waals surface area contributed by atoms with E-state index in [9.17, 15) is 14.9 Å². The van der Waals surface area contributed by atoms with Gasteiger partial charge in [0.25, 0.3) is 5.69 Å². The molecule has 0 bridgehead atoms. The SMILES string of the molecule is NNc1ccccc1C(=O)Oc1ccc([N+](=O)[O-])cc1. The molecule has 0 aliphatic rings. The molecule has 7 nitrogen and oxygen atoms in total. The third kappa shape index (κ3) is 2.90.